The average molecular weight is 313 g/mol. The summed E-state index contributed by atoms with van der Waals surface area (Å²) in [6.45, 7) is 0. The Hall–Kier alpha value is -0.910. The van der Waals surface area contributed by atoms with Crippen molar-refractivity contribution in [2.75, 3.05) is 5.32 Å². The van der Waals surface area contributed by atoms with Crippen LogP contribution < -0.4 is 11.1 Å². The molecule has 0 aliphatic heterocycles. The largest absolute Gasteiger partial charge is 0.389 e. The second-order valence-electron chi connectivity index (χ2n) is 3.19. The van der Waals surface area contributed by atoms with Gasteiger partial charge in [-0.05, 0) is 29.6 Å². The van der Waals surface area contributed by atoms with E-state index in [2.05, 4.69) is 21.2 Å². The van der Waals surface area contributed by atoms with Gasteiger partial charge in [-0.3, -0.25) is 0 Å². The fraction of sp³-hybridized carbons (Fsp3) is 0. The molecule has 0 atom stereocenters. The summed E-state index contributed by atoms with van der Waals surface area (Å²) in [6.07, 6.45) is 0. The van der Waals surface area contributed by atoms with Gasteiger partial charge in [-0.15, -0.1) is 0 Å². The Bertz CT molecular complexity index is 509. The van der Waals surface area contributed by atoms with Gasteiger partial charge in [-0.25, -0.2) is 0 Å². The van der Waals surface area contributed by atoms with Gasteiger partial charge >= 0.3 is 0 Å². The van der Waals surface area contributed by atoms with Crippen molar-refractivity contribution in [3.63, 3.8) is 0 Å². The van der Waals surface area contributed by atoms with Crippen LogP contribution >= 0.6 is 39.5 Å². The molecule has 2 nitrogen and oxygen atoms in total. The van der Waals surface area contributed by atoms with Gasteiger partial charge in [0, 0.05) is 26.8 Å². The van der Waals surface area contributed by atoms with Gasteiger partial charge in [0.1, 0.15) is 4.99 Å². The van der Waals surface area contributed by atoms with Crippen LogP contribution in [0.25, 0.3) is 0 Å². The first-order chi connectivity index (χ1) is 7.66. The maximum Gasteiger partial charge on any atom is 0.106 e. The minimum absolute atomic E-state index is 0.394. The number of nitrogens with one attached hydrogen (secondary N) is 1. The molecule has 0 saturated heterocycles. The van der Waals surface area contributed by atoms with Crippen molar-refractivity contribution < 1.29 is 0 Å². The molecule has 3 N–H and O–H groups in total. The van der Waals surface area contributed by atoms with Crippen molar-refractivity contribution in [3.8, 4) is 0 Å². The molecule has 1 aromatic heterocycles. The van der Waals surface area contributed by atoms with Gasteiger partial charge in [-0.2, -0.15) is 11.3 Å². The van der Waals surface area contributed by atoms with Crippen molar-refractivity contribution in [1.29, 1.82) is 0 Å². The molecule has 2 aromatic rings. The number of benzene rings is 1. The van der Waals surface area contributed by atoms with Gasteiger partial charge in [-0.1, -0.05) is 28.1 Å². The van der Waals surface area contributed by atoms with Crippen LogP contribution in [0.15, 0.2) is 39.5 Å². The lowest BCUT2D eigenvalue weighted by Gasteiger charge is -2.10. The number of thiocarbonyl (C=S) groups is 1. The summed E-state index contributed by atoms with van der Waals surface area (Å²) < 4.78 is 0.991. The third-order valence-corrected chi connectivity index (χ3v) is 3.44. The summed E-state index contributed by atoms with van der Waals surface area (Å²) >= 11 is 10.1. The lowest BCUT2D eigenvalue weighted by atomic mass is 10.1. The number of halogens is 1. The highest BCUT2D eigenvalue weighted by Crippen LogP contribution is 2.26. The van der Waals surface area contributed by atoms with E-state index in [1.165, 1.54) is 0 Å². The molecule has 0 bridgehead atoms. The molecule has 2 rings (SSSR count). The highest BCUT2D eigenvalue weighted by molar-refractivity contribution is 9.10. The number of hydrogen-bond acceptors (Lipinski definition) is 3. The van der Waals surface area contributed by atoms with Crippen molar-refractivity contribution in [1.82, 2.24) is 0 Å². The van der Waals surface area contributed by atoms with E-state index in [0.29, 0.717) is 4.99 Å². The molecule has 0 radical (unpaired) electrons. The molecule has 0 fully saturated rings. The Morgan fingerprint density at radius 3 is 2.81 bits per heavy atom. The fourth-order valence-electron chi connectivity index (χ4n) is 1.33. The molecule has 0 spiro atoms. The van der Waals surface area contributed by atoms with E-state index < -0.39 is 0 Å². The van der Waals surface area contributed by atoms with Crippen LogP contribution in [0.5, 0.6) is 0 Å². The summed E-state index contributed by atoms with van der Waals surface area (Å²) in [6, 6.07) is 7.80. The van der Waals surface area contributed by atoms with Gasteiger partial charge in [0.25, 0.3) is 0 Å². The summed E-state index contributed by atoms with van der Waals surface area (Å²) in [5.41, 5.74) is 8.48. The quantitative estimate of drug-likeness (QED) is 0.844. The van der Waals surface area contributed by atoms with Crippen LogP contribution in [0.3, 0.4) is 0 Å². The Labute approximate surface area is 112 Å². The summed E-state index contributed by atoms with van der Waals surface area (Å²) in [4.78, 5) is 0.394. The SMILES string of the molecule is NC(=S)c1ccc(Br)cc1Nc1ccsc1. The Morgan fingerprint density at radius 1 is 1.38 bits per heavy atom. The van der Waals surface area contributed by atoms with Crippen LogP contribution in [0.4, 0.5) is 11.4 Å². The van der Waals surface area contributed by atoms with Crippen molar-refractivity contribution in [3.05, 3.63) is 45.1 Å². The van der Waals surface area contributed by atoms with Gasteiger partial charge in [0.15, 0.2) is 0 Å². The highest BCUT2D eigenvalue weighted by atomic mass is 79.9. The molecule has 0 aliphatic carbocycles. The van der Waals surface area contributed by atoms with Crippen LogP contribution in [-0.4, -0.2) is 4.99 Å². The first-order valence-electron chi connectivity index (χ1n) is 4.55. The molecule has 0 unspecified atom stereocenters. The average Bonchev–Trinajstić information content (AvgIpc) is 2.70. The minimum Gasteiger partial charge on any atom is -0.389 e. The molecule has 5 heteroatoms. The zero-order valence-corrected chi connectivity index (χ0v) is 11.5. The number of anilines is 2. The molecule has 1 heterocycles. The summed E-state index contributed by atoms with van der Waals surface area (Å²) in [5.74, 6) is 0. The van der Waals surface area contributed by atoms with E-state index in [-0.39, 0.29) is 0 Å². The predicted octanol–water partition coefficient (Wildman–Crippen LogP) is 3.89. The zero-order valence-electron chi connectivity index (χ0n) is 8.24. The highest BCUT2D eigenvalue weighted by Gasteiger charge is 2.06. The lowest BCUT2D eigenvalue weighted by molar-refractivity contribution is 1.53. The van der Waals surface area contributed by atoms with E-state index in [0.717, 1.165) is 21.4 Å². The smallest absolute Gasteiger partial charge is 0.106 e. The fourth-order valence-corrected chi connectivity index (χ4v) is 2.45. The molecular weight excluding hydrogens is 304 g/mol. The zero-order chi connectivity index (χ0) is 11.5. The molecule has 0 amide bonds. The molecule has 16 heavy (non-hydrogen) atoms. The van der Waals surface area contributed by atoms with Crippen LogP contribution in [0.1, 0.15) is 5.56 Å². The molecule has 1 aromatic carbocycles. The third kappa shape index (κ3) is 2.61. The van der Waals surface area contributed by atoms with E-state index in [1.54, 1.807) is 11.3 Å². The monoisotopic (exact) mass is 312 g/mol. The minimum atomic E-state index is 0.394. The number of thiophene rings is 1. The lowest BCUT2D eigenvalue weighted by Crippen LogP contribution is -2.11. The standard InChI is InChI=1S/C11H9BrN2S2/c12-7-1-2-9(11(13)15)10(5-7)14-8-3-4-16-6-8/h1-6,14H,(H2,13,15). The van der Waals surface area contributed by atoms with E-state index in [9.17, 15) is 0 Å². The van der Waals surface area contributed by atoms with Gasteiger partial charge < -0.3 is 11.1 Å². The van der Waals surface area contributed by atoms with Crippen LogP contribution in [0.2, 0.25) is 0 Å². The summed E-state index contributed by atoms with van der Waals surface area (Å²) in [7, 11) is 0. The molecule has 0 aliphatic rings. The third-order valence-electron chi connectivity index (χ3n) is 2.05. The first-order valence-corrected chi connectivity index (χ1v) is 6.70. The van der Waals surface area contributed by atoms with Crippen molar-refractivity contribution in [2.24, 2.45) is 5.73 Å². The van der Waals surface area contributed by atoms with E-state index in [4.69, 9.17) is 18.0 Å². The normalized spacial score (nSPS) is 10.1. The topological polar surface area (TPSA) is 38.0 Å². The Balaban J connectivity index is 2.38. The maximum absolute atomic E-state index is 5.67. The Kier molecular flexibility index (Phi) is 3.58. The molecule has 82 valence electrons. The van der Waals surface area contributed by atoms with Crippen molar-refractivity contribution in [2.45, 2.75) is 0 Å². The van der Waals surface area contributed by atoms with E-state index in [1.807, 2.05) is 35.0 Å². The Morgan fingerprint density at radius 2 is 2.19 bits per heavy atom. The van der Waals surface area contributed by atoms with Crippen LogP contribution in [-0.2, 0) is 0 Å². The van der Waals surface area contributed by atoms with Gasteiger partial charge in [0.05, 0.1) is 0 Å². The summed E-state index contributed by atoms with van der Waals surface area (Å²) in [5, 5.41) is 7.33. The van der Waals surface area contributed by atoms with E-state index >= 15 is 0 Å². The number of nitrogens with two attached hydrogens (primary N) is 1. The first kappa shape index (κ1) is 11.6. The second-order valence-corrected chi connectivity index (χ2v) is 5.33. The molecular formula is C11H9BrN2S2. The number of rotatable bonds is 3. The van der Waals surface area contributed by atoms with Crippen molar-refractivity contribution >= 4 is 55.8 Å². The van der Waals surface area contributed by atoms with Gasteiger partial charge in [0.2, 0.25) is 0 Å². The maximum atomic E-state index is 5.67. The predicted molar refractivity (Wildman–Crippen MR) is 77.6 cm³/mol. The van der Waals surface area contributed by atoms with Crippen LogP contribution in [0, 0.1) is 0 Å². The number of hydrogen-bond donors (Lipinski definition) is 2. The second kappa shape index (κ2) is 4.95. The molecule has 0 saturated carbocycles.